The highest BCUT2D eigenvalue weighted by molar-refractivity contribution is 5.55. The molecule has 0 bridgehead atoms. The Hall–Kier alpha value is -1.13. The first kappa shape index (κ1) is 14.3. The van der Waals surface area contributed by atoms with Gasteiger partial charge in [-0.15, -0.1) is 0 Å². The van der Waals surface area contributed by atoms with E-state index in [2.05, 4.69) is 16.7 Å². The van der Waals surface area contributed by atoms with Gasteiger partial charge in [0.25, 0.3) is 0 Å². The van der Waals surface area contributed by atoms with Gasteiger partial charge in [-0.1, -0.05) is 13.0 Å². The summed E-state index contributed by atoms with van der Waals surface area (Å²) in [5.74, 6) is -0.132. The van der Waals surface area contributed by atoms with Crippen molar-refractivity contribution in [1.82, 2.24) is 4.90 Å². The van der Waals surface area contributed by atoms with Crippen LogP contribution < -0.4 is 10.6 Å². The summed E-state index contributed by atoms with van der Waals surface area (Å²) in [6, 6.07) is 5.32. The Morgan fingerprint density at radius 2 is 1.95 bits per heavy atom. The van der Waals surface area contributed by atoms with Crippen LogP contribution in [0.25, 0.3) is 0 Å². The standard InChI is InChI=1S/C15H24FN3/c1-3-18-7-9-19(10-8-18)15-6-4-5-14(16)13(15)11-12(2)17/h4-6,12H,3,7-11,17H2,1-2H3. The molecule has 0 aliphatic carbocycles. The number of piperazine rings is 1. The topological polar surface area (TPSA) is 32.5 Å². The molecule has 0 saturated carbocycles. The van der Waals surface area contributed by atoms with E-state index in [4.69, 9.17) is 5.73 Å². The zero-order chi connectivity index (χ0) is 13.8. The maximum absolute atomic E-state index is 14.0. The third-order valence-corrected chi connectivity index (χ3v) is 3.78. The van der Waals surface area contributed by atoms with E-state index in [1.54, 1.807) is 6.07 Å². The molecule has 1 heterocycles. The molecule has 1 aromatic carbocycles. The van der Waals surface area contributed by atoms with E-state index in [1.165, 1.54) is 6.07 Å². The number of anilines is 1. The number of nitrogens with two attached hydrogens (primary N) is 1. The van der Waals surface area contributed by atoms with Crippen molar-refractivity contribution in [2.24, 2.45) is 5.73 Å². The molecule has 0 aromatic heterocycles. The minimum absolute atomic E-state index is 0.0208. The number of hydrogen-bond donors (Lipinski definition) is 1. The van der Waals surface area contributed by atoms with Gasteiger partial charge in [-0.2, -0.15) is 0 Å². The molecular weight excluding hydrogens is 241 g/mol. The molecule has 4 heteroatoms. The summed E-state index contributed by atoms with van der Waals surface area (Å²) >= 11 is 0. The Kier molecular flexibility index (Phi) is 4.77. The molecule has 0 radical (unpaired) electrons. The quantitative estimate of drug-likeness (QED) is 0.902. The molecule has 1 aromatic rings. The van der Waals surface area contributed by atoms with E-state index in [0.717, 1.165) is 44.0 Å². The number of likely N-dealkylation sites (N-methyl/N-ethyl adjacent to an activating group) is 1. The summed E-state index contributed by atoms with van der Waals surface area (Å²) < 4.78 is 14.0. The molecular formula is C15H24FN3. The van der Waals surface area contributed by atoms with Gasteiger partial charge in [0.2, 0.25) is 0 Å². The zero-order valence-corrected chi connectivity index (χ0v) is 11.9. The maximum Gasteiger partial charge on any atom is 0.128 e. The SMILES string of the molecule is CCN1CCN(c2cccc(F)c2CC(C)N)CC1. The van der Waals surface area contributed by atoms with Crippen molar-refractivity contribution in [3.8, 4) is 0 Å². The van der Waals surface area contributed by atoms with Crippen LogP contribution in [0.15, 0.2) is 18.2 Å². The molecule has 106 valence electrons. The van der Waals surface area contributed by atoms with E-state index >= 15 is 0 Å². The number of halogens is 1. The van der Waals surface area contributed by atoms with Gasteiger partial charge in [0.15, 0.2) is 0 Å². The van der Waals surface area contributed by atoms with E-state index in [0.29, 0.717) is 6.42 Å². The molecule has 1 aliphatic heterocycles. The molecule has 2 rings (SSSR count). The van der Waals surface area contributed by atoms with Crippen molar-refractivity contribution in [2.75, 3.05) is 37.6 Å². The first-order valence-electron chi connectivity index (χ1n) is 7.12. The van der Waals surface area contributed by atoms with Crippen molar-refractivity contribution >= 4 is 5.69 Å². The second-order valence-corrected chi connectivity index (χ2v) is 5.34. The van der Waals surface area contributed by atoms with Crippen LogP contribution in [0, 0.1) is 5.82 Å². The van der Waals surface area contributed by atoms with Crippen molar-refractivity contribution < 1.29 is 4.39 Å². The van der Waals surface area contributed by atoms with E-state index in [9.17, 15) is 4.39 Å². The Labute approximate surface area is 115 Å². The Morgan fingerprint density at radius 1 is 1.26 bits per heavy atom. The largest absolute Gasteiger partial charge is 0.369 e. The van der Waals surface area contributed by atoms with Crippen LogP contribution in [0.4, 0.5) is 10.1 Å². The second-order valence-electron chi connectivity index (χ2n) is 5.34. The normalized spacial score (nSPS) is 18.6. The third kappa shape index (κ3) is 3.45. The summed E-state index contributed by atoms with van der Waals surface area (Å²) in [6.07, 6.45) is 0.593. The van der Waals surface area contributed by atoms with Gasteiger partial charge in [0.1, 0.15) is 5.82 Å². The summed E-state index contributed by atoms with van der Waals surface area (Å²) in [6.45, 7) is 9.20. The van der Waals surface area contributed by atoms with Crippen LogP contribution in [0.5, 0.6) is 0 Å². The van der Waals surface area contributed by atoms with Crippen LogP contribution >= 0.6 is 0 Å². The van der Waals surface area contributed by atoms with E-state index in [-0.39, 0.29) is 11.9 Å². The molecule has 1 saturated heterocycles. The zero-order valence-electron chi connectivity index (χ0n) is 11.9. The highest BCUT2D eigenvalue weighted by Crippen LogP contribution is 2.25. The van der Waals surface area contributed by atoms with Gasteiger partial charge in [-0.3, -0.25) is 0 Å². The maximum atomic E-state index is 14.0. The number of benzene rings is 1. The predicted octanol–water partition coefficient (Wildman–Crippen LogP) is 1.86. The number of nitrogens with zero attached hydrogens (tertiary/aromatic N) is 2. The molecule has 0 spiro atoms. The Bertz CT molecular complexity index is 412. The fourth-order valence-electron chi connectivity index (χ4n) is 2.67. The smallest absolute Gasteiger partial charge is 0.128 e. The average Bonchev–Trinajstić information content (AvgIpc) is 2.41. The van der Waals surface area contributed by atoms with Crippen molar-refractivity contribution in [2.45, 2.75) is 26.3 Å². The van der Waals surface area contributed by atoms with Gasteiger partial charge in [-0.25, -0.2) is 4.39 Å². The molecule has 1 atom stereocenters. The van der Waals surface area contributed by atoms with Gasteiger partial charge < -0.3 is 15.5 Å². The average molecular weight is 265 g/mol. The fraction of sp³-hybridized carbons (Fsp3) is 0.600. The van der Waals surface area contributed by atoms with Crippen LogP contribution in [-0.4, -0.2) is 43.7 Å². The lowest BCUT2D eigenvalue weighted by molar-refractivity contribution is 0.271. The van der Waals surface area contributed by atoms with Crippen LogP contribution in [0.2, 0.25) is 0 Å². The number of rotatable bonds is 4. The Balaban J connectivity index is 2.17. The highest BCUT2D eigenvalue weighted by atomic mass is 19.1. The lowest BCUT2D eigenvalue weighted by Gasteiger charge is -2.36. The van der Waals surface area contributed by atoms with Crippen LogP contribution in [-0.2, 0) is 6.42 Å². The third-order valence-electron chi connectivity index (χ3n) is 3.78. The van der Waals surface area contributed by atoms with E-state index < -0.39 is 0 Å². The predicted molar refractivity (Wildman–Crippen MR) is 78.1 cm³/mol. The van der Waals surface area contributed by atoms with Crippen molar-refractivity contribution in [3.05, 3.63) is 29.6 Å². The lowest BCUT2D eigenvalue weighted by atomic mass is 10.0. The van der Waals surface area contributed by atoms with Crippen molar-refractivity contribution in [1.29, 1.82) is 0 Å². The summed E-state index contributed by atoms with van der Waals surface area (Å²) in [5, 5.41) is 0. The lowest BCUT2D eigenvalue weighted by Crippen LogP contribution is -2.46. The van der Waals surface area contributed by atoms with Crippen molar-refractivity contribution in [3.63, 3.8) is 0 Å². The molecule has 3 nitrogen and oxygen atoms in total. The molecule has 2 N–H and O–H groups in total. The molecule has 1 aliphatic rings. The van der Waals surface area contributed by atoms with Gasteiger partial charge >= 0.3 is 0 Å². The van der Waals surface area contributed by atoms with Gasteiger partial charge in [0, 0.05) is 43.5 Å². The monoisotopic (exact) mass is 265 g/mol. The first-order valence-corrected chi connectivity index (χ1v) is 7.12. The van der Waals surface area contributed by atoms with E-state index in [1.807, 2.05) is 13.0 Å². The Morgan fingerprint density at radius 3 is 2.53 bits per heavy atom. The van der Waals surface area contributed by atoms with Gasteiger partial charge in [-0.05, 0) is 32.0 Å². The summed E-state index contributed by atoms with van der Waals surface area (Å²) in [5.41, 5.74) is 7.63. The summed E-state index contributed by atoms with van der Waals surface area (Å²) in [4.78, 5) is 4.70. The molecule has 19 heavy (non-hydrogen) atoms. The minimum Gasteiger partial charge on any atom is -0.369 e. The fourth-order valence-corrected chi connectivity index (χ4v) is 2.67. The second kappa shape index (κ2) is 6.35. The molecule has 1 unspecified atom stereocenters. The molecule has 0 amide bonds. The summed E-state index contributed by atoms with van der Waals surface area (Å²) in [7, 11) is 0. The minimum atomic E-state index is -0.132. The van der Waals surface area contributed by atoms with Gasteiger partial charge in [0.05, 0.1) is 0 Å². The number of hydrogen-bond acceptors (Lipinski definition) is 3. The van der Waals surface area contributed by atoms with Crippen LogP contribution in [0.3, 0.4) is 0 Å². The first-order chi connectivity index (χ1) is 9.11. The van der Waals surface area contributed by atoms with Crippen LogP contribution in [0.1, 0.15) is 19.4 Å². The highest BCUT2D eigenvalue weighted by Gasteiger charge is 2.20. The molecule has 1 fully saturated rings.